The summed E-state index contributed by atoms with van der Waals surface area (Å²) in [7, 11) is -2.17. The van der Waals surface area contributed by atoms with Crippen LogP contribution < -0.4 is 5.32 Å². The number of nitrogens with one attached hydrogen (secondary N) is 1. The van der Waals surface area contributed by atoms with Crippen LogP contribution in [0.1, 0.15) is 41.6 Å². The molecule has 0 saturated carbocycles. The predicted molar refractivity (Wildman–Crippen MR) is 108 cm³/mol. The highest BCUT2D eigenvalue weighted by Gasteiger charge is 2.21. The van der Waals surface area contributed by atoms with Gasteiger partial charge in [0.05, 0.1) is 4.90 Å². The molecule has 0 aliphatic heterocycles. The normalized spacial score (nSPS) is 11.8. The molecule has 0 unspecified atom stereocenters. The number of sulfonamides is 1. The fourth-order valence-electron chi connectivity index (χ4n) is 2.57. The molecule has 0 spiro atoms. The van der Waals surface area contributed by atoms with E-state index in [0.29, 0.717) is 5.89 Å². The number of aromatic nitrogens is 2. The Morgan fingerprint density at radius 1 is 1.07 bits per heavy atom. The number of hydrogen-bond acceptors (Lipinski definition) is 6. The highest BCUT2D eigenvalue weighted by molar-refractivity contribution is 7.89. The van der Waals surface area contributed by atoms with Gasteiger partial charge in [0.1, 0.15) is 0 Å². The van der Waals surface area contributed by atoms with Crippen molar-refractivity contribution in [3.05, 3.63) is 71.6 Å². The summed E-state index contributed by atoms with van der Waals surface area (Å²) in [6.45, 7) is 4.04. The van der Waals surface area contributed by atoms with Gasteiger partial charge < -0.3 is 4.42 Å². The van der Waals surface area contributed by atoms with E-state index in [9.17, 15) is 13.2 Å². The summed E-state index contributed by atoms with van der Waals surface area (Å²) in [4.78, 5) is 12.4. The molecule has 2 aromatic carbocycles. The number of anilines is 1. The zero-order valence-corrected chi connectivity index (χ0v) is 17.2. The molecule has 1 amide bonds. The van der Waals surface area contributed by atoms with E-state index in [1.807, 2.05) is 44.2 Å². The number of nitrogens with zero attached hydrogens (tertiary/aromatic N) is 3. The quantitative estimate of drug-likeness (QED) is 0.636. The Kier molecular flexibility index (Phi) is 6.09. The molecule has 29 heavy (non-hydrogen) atoms. The molecule has 8 nitrogen and oxygen atoms in total. The van der Waals surface area contributed by atoms with Crippen LogP contribution in [0.2, 0.25) is 0 Å². The second-order valence-corrected chi connectivity index (χ2v) is 8.87. The van der Waals surface area contributed by atoms with Crippen molar-refractivity contribution in [2.75, 3.05) is 12.4 Å². The number of carbonyl (C=O) groups is 1. The minimum atomic E-state index is -3.68. The van der Waals surface area contributed by atoms with Crippen LogP contribution in [0.4, 0.5) is 6.01 Å². The second-order valence-electron chi connectivity index (χ2n) is 6.83. The van der Waals surface area contributed by atoms with Crippen LogP contribution in [0.15, 0.2) is 63.9 Å². The zero-order valence-electron chi connectivity index (χ0n) is 16.4. The van der Waals surface area contributed by atoms with Crippen molar-refractivity contribution in [3.63, 3.8) is 0 Å². The molecule has 152 valence electrons. The molecule has 1 N–H and O–H groups in total. The fraction of sp³-hybridized carbons (Fsp3) is 0.250. The average molecular weight is 414 g/mol. The van der Waals surface area contributed by atoms with Crippen LogP contribution >= 0.6 is 0 Å². The average Bonchev–Trinajstić information content (AvgIpc) is 3.17. The maximum Gasteiger partial charge on any atom is 0.322 e. The van der Waals surface area contributed by atoms with Crippen LogP contribution in [0.3, 0.4) is 0 Å². The maximum atomic E-state index is 12.8. The molecular weight excluding hydrogens is 392 g/mol. The Hall–Kier alpha value is -3.04. The van der Waals surface area contributed by atoms with Gasteiger partial charge in [0, 0.05) is 25.1 Å². The third-order valence-corrected chi connectivity index (χ3v) is 6.05. The van der Waals surface area contributed by atoms with Gasteiger partial charge in [-0.05, 0) is 29.8 Å². The summed E-state index contributed by atoms with van der Waals surface area (Å²) in [5, 5.41) is 10.1. The van der Waals surface area contributed by atoms with Crippen molar-refractivity contribution >= 4 is 21.9 Å². The van der Waals surface area contributed by atoms with Crippen LogP contribution in [-0.2, 0) is 16.6 Å². The van der Waals surface area contributed by atoms with Crippen LogP contribution in [0, 0.1) is 0 Å². The highest BCUT2D eigenvalue weighted by Crippen LogP contribution is 2.19. The molecule has 1 aromatic heterocycles. The van der Waals surface area contributed by atoms with E-state index in [-0.39, 0.29) is 28.9 Å². The van der Waals surface area contributed by atoms with Gasteiger partial charge in [-0.1, -0.05) is 49.3 Å². The van der Waals surface area contributed by atoms with E-state index in [1.54, 1.807) is 0 Å². The lowest BCUT2D eigenvalue weighted by molar-refractivity contribution is 0.102. The molecule has 1 heterocycles. The van der Waals surface area contributed by atoms with Gasteiger partial charge in [0.25, 0.3) is 5.91 Å². The Balaban J connectivity index is 1.70. The van der Waals surface area contributed by atoms with Gasteiger partial charge in [-0.2, -0.15) is 4.31 Å². The number of rotatable bonds is 7. The molecule has 0 aliphatic rings. The molecule has 0 saturated heterocycles. The first-order valence-corrected chi connectivity index (χ1v) is 10.5. The van der Waals surface area contributed by atoms with Crippen molar-refractivity contribution in [1.82, 2.24) is 14.5 Å². The van der Waals surface area contributed by atoms with Crippen molar-refractivity contribution in [3.8, 4) is 0 Å². The van der Waals surface area contributed by atoms with Crippen LogP contribution in [0.25, 0.3) is 0 Å². The molecule has 3 aromatic rings. The molecule has 0 radical (unpaired) electrons. The smallest absolute Gasteiger partial charge is 0.322 e. The molecular formula is C20H22N4O4S. The first kappa shape index (κ1) is 20.7. The second kappa shape index (κ2) is 8.54. The Labute approximate surface area is 169 Å². The van der Waals surface area contributed by atoms with Crippen molar-refractivity contribution in [1.29, 1.82) is 0 Å². The van der Waals surface area contributed by atoms with E-state index in [1.165, 1.54) is 35.6 Å². The van der Waals surface area contributed by atoms with Crippen molar-refractivity contribution < 1.29 is 17.6 Å². The third kappa shape index (κ3) is 4.87. The standard InChI is InChI=1S/C20H22N4O4S/c1-14(2)19-22-23-20(28-19)21-18(25)16-9-11-17(12-10-16)29(26,27)24(3)13-15-7-5-4-6-8-15/h4-12,14H,13H2,1-3H3,(H,21,23,25). The van der Waals surface area contributed by atoms with E-state index in [0.717, 1.165) is 5.56 Å². The van der Waals surface area contributed by atoms with Crippen LogP contribution in [-0.4, -0.2) is 35.9 Å². The summed E-state index contributed by atoms with van der Waals surface area (Å²) < 4.78 is 32.1. The first-order valence-electron chi connectivity index (χ1n) is 9.02. The summed E-state index contributed by atoms with van der Waals surface area (Å²) >= 11 is 0. The minimum absolute atomic E-state index is 0.00186. The summed E-state index contributed by atoms with van der Waals surface area (Å²) in [6, 6.07) is 15.0. The van der Waals surface area contributed by atoms with Gasteiger partial charge in [0.15, 0.2) is 0 Å². The van der Waals surface area contributed by atoms with E-state index < -0.39 is 15.9 Å². The van der Waals surface area contributed by atoms with Gasteiger partial charge in [-0.25, -0.2) is 8.42 Å². The number of carbonyl (C=O) groups excluding carboxylic acids is 1. The molecule has 0 atom stereocenters. The zero-order chi connectivity index (χ0) is 21.0. The van der Waals surface area contributed by atoms with Crippen molar-refractivity contribution in [2.45, 2.75) is 31.2 Å². The summed E-state index contributed by atoms with van der Waals surface area (Å²) in [5.74, 6) is -0.000688. The third-order valence-electron chi connectivity index (χ3n) is 4.23. The maximum absolute atomic E-state index is 12.8. The lowest BCUT2D eigenvalue weighted by Gasteiger charge is -2.17. The summed E-state index contributed by atoms with van der Waals surface area (Å²) in [6.07, 6.45) is 0. The fourth-order valence-corrected chi connectivity index (χ4v) is 3.73. The number of benzene rings is 2. The van der Waals surface area contributed by atoms with Crippen molar-refractivity contribution in [2.24, 2.45) is 0 Å². The summed E-state index contributed by atoms with van der Waals surface area (Å²) in [5.41, 5.74) is 1.16. The van der Waals surface area contributed by atoms with E-state index >= 15 is 0 Å². The van der Waals surface area contributed by atoms with Gasteiger partial charge in [-0.15, -0.1) is 5.10 Å². The Bertz CT molecular complexity index is 1080. The SMILES string of the molecule is CC(C)c1nnc(NC(=O)c2ccc(S(=O)(=O)N(C)Cc3ccccc3)cc2)o1. The van der Waals surface area contributed by atoms with Gasteiger partial charge in [-0.3, -0.25) is 10.1 Å². The molecule has 0 fully saturated rings. The molecule has 3 rings (SSSR count). The lowest BCUT2D eigenvalue weighted by atomic mass is 10.2. The Morgan fingerprint density at radius 3 is 2.31 bits per heavy atom. The number of hydrogen-bond donors (Lipinski definition) is 1. The van der Waals surface area contributed by atoms with Crippen LogP contribution in [0.5, 0.6) is 0 Å². The van der Waals surface area contributed by atoms with E-state index in [4.69, 9.17) is 4.42 Å². The topological polar surface area (TPSA) is 105 Å². The number of amides is 1. The molecule has 0 bridgehead atoms. The minimum Gasteiger partial charge on any atom is -0.408 e. The monoisotopic (exact) mass is 414 g/mol. The predicted octanol–water partition coefficient (Wildman–Crippen LogP) is 3.27. The molecule has 9 heteroatoms. The lowest BCUT2D eigenvalue weighted by Crippen LogP contribution is -2.26. The molecule has 0 aliphatic carbocycles. The first-order chi connectivity index (χ1) is 13.8. The van der Waals surface area contributed by atoms with E-state index in [2.05, 4.69) is 15.5 Å². The highest BCUT2D eigenvalue weighted by atomic mass is 32.2. The largest absolute Gasteiger partial charge is 0.408 e. The Morgan fingerprint density at radius 2 is 1.72 bits per heavy atom. The van der Waals surface area contributed by atoms with Gasteiger partial charge >= 0.3 is 6.01 Å². The van der Waals surface area contributed by atoms with Gasteiger partial charge in [0.2, 0.25) is 15.9 Å².